The van der Waals surface area contributed by atoms with Gasteiger partial charge in [-0.3, -0.25) is 0 Å². The highest BCUT2D eigenvalue weighted by molar-refractivity contribution is 7.84. The molecule has 0 aliphatic heterocycles. The van der Waals surface area contributed by atoms with Crippen LogP contribution in [0.15, 0.2) is 30.5 Å². The number of rotatable bonds is 3. The maximum Gasteiger partial charge on any atom is 0.408 e. The van der Waals surface area contributed by atoms with Crippen LogP contribution in [0.25, 0.3) is 10.9 Å². The molecule has 2 aromatic rings. The fourth-order valence-corrected chi connectivity index (χ4v) is 3.02. The van der Waals surface area contributed by atoms with Gasteiger partial charge in [0.05, 0.1) is 15.7 Å². The van der Waals surface area contributed by atoms with Crippen LogP contribution >= 0.6 is 0 Å². The van der Waals surface area contributed by atoms with Gasteiger partial charge in [0.25, 0.3) is 0 Å². The van der Waals surface area contributed by atoms with E-state index in [0.717, 1.165) is 0 Å². The Hall–Kier alpha value is -1.34. The molecule has 0 bridgehead atoms. The third-order valence-electron chi connectivity index (χ3n) is 3.35. The lowest BCUT2D eigenvalue weighted by Crippen LogP contribution is -2.41. The van der Waals surface area contributed by atoms with Gasteiger partial charge in [-0.15, -0.1) is 0 Å². The number of aromatic nitrogens is 1. The van der Waals surface area contributed by atoms with Gasteiger partial charge < -0.3 is 4.57 Å². The smallest absolute Gasteiger partial charge is 0.350 e. The van der Waals surface area contributed by atoms with E-state index >= 15 is 0 Å². The van der Waals surface area contributed by atoms with Crippen LogP contribution in [-0.2, 0) is 18.0 Å². The van der Waals surface area contributed by atoms with Gasteiger partial charge in [0, 0.05) is 29.7 Å². The fraction of sp³-hybridized carbons (Fsp3) is 0.467. The van der Waals surface area contributed by atoms with Crippen molar-refractivity contribution in [2.75, 3.05) is 0 Å². The number of alkyl halides is 3. The van der Waals surface area contributed by atoms with Crippen molar-refractivity contribution in [1.29, 1.82) is 0 Å². The summed E-state index contributed by atoms with van der Waals surface area (Å²) >= 11 is 0. The second-order valence-corrected chi connectivity index (χ2v) is 8.18. The summed E-state index contributed by atoms with van der Waals surface area (Å²) < 4.78 is 55.7. The van der Waals surface area contributed by atoms with E-state index in [-0.39, 0.29) is 5.56 Å². The molecule has 1 N–H and O–H groups in total. The molecule has 122 valence electrons. The first kappa shape index (κ1) is 17.0. The van der Waals surface area contributed by atoms with Gasteiger partial charge in [-0.25, -0.2) is 8.93 Å². The number of halogens is 3. The number of nitrogens with one attached hydrogen (secondary N) is 1. The van der Waals surface area contributed by atoms with Gasteiger partial charge in [-0.05, 0) is 26.8 Å². The minimum Gasteiger partial charge on any atom is -0.350 e. The molecule has 2 unspecified atom stereocenters. The average molecular weight is 332 g/mol. The predicted octanol–water partition coefficient (Wildman–Crippen LogP) is 3.83. The summed E-state index contributed by atoms with van der Waals surface area (Å²) in [6.45, 7) is 4.89. The topological polar surface area (TPSA) is 34.0 Å². The molecular weight excluding hydrogens is 313 g/mol. The third kappa shape index (κ3) is 3.35. The Balaban J connectivity index is 2.52. The molecule has 3 nitrogen and oxygen atoms in total. The molecule has 0 radical (unpaired) electrons. The summed E-state index contributed by atoms with van der Waals surface area (Å²) in [5.41, 5.74) is 0.790. The van der Waals surface area contributed by atoms with E-state index in [9.17, 15) is 17.4 Å². The zero-order chi connectivity index (χ0) is 16.7. The molecule has 0 amide bonds. The number of nitrogens with zero attached hydrogens (tertiary/aromatic N) is 1. The van der Waals surface area contributed by atoms with Gasteiger partial charge in [-0.2, -0.15) is 13.2 Å². The van der Waals surface area contributed by atoms with Crippen molar-refractivity contribution in [3.8, 4) is 0 Å². The molecule has 0 aliphatic carbocycles. The van der Waals surface area contributed by atoms with E-state index in [1.807, 2.05) is 0 Å². The normalized spacial score (nSPS) is 16.0. The highest BCUT2D eigenvalue weighted by atomic mass is 32.2. The minimum absolute atomic E-state index is 0.0863. The fourth-order valence-electron chi connectivity index (χ4n) is 2.19. The number of hydrogen-bond acceptors (Lipinski definition) is 1. The van der Waals surface area contributed by atoms with Gasteiger partial charge in [0.15, 0.2) is 0 Å². The van der Waals surface area contributed by atoms with Crippen molar-refractivity contribution in [3.05, 3.63) is 36.0 Å². The van der Waals surface area contributed by atoms with Crippen molar-refractivity contribution in [1.82, 2.24) is 9.29 Å². The highest BCUT2D eigenvalue weighted by Crippen LogP contribution is 2.37. The Morgan fingerprint density at radius 1 is 1.18 bits per heavy atom. The minimum atomic E-state index is -4.54. The summed E-state index contributed by atoms with van der Waals surface area (Å²) in [4.78, 5) is 0. The molecular formula is C15H19F3N2OS. The second kappa shape index (κ2) is 5.70. The standard InChI is InChI=1S/C15H19F3N2OS/c1-14(2,3)22(21)19-13(15(16,17)18)11-9-20(4)12-8-6-5-7-10(11)12/h5-9,13,19H,1-4H3. The molecule has 0 saturated heterocycles. The molecule has 1 heterocycles. The quantitative estimate of drug-likeness (QED) is 0.910. The van der Waals surface area contributed by atoms with Crippen LogP contribution in [-0.4, -0.2) is 19.7 Å². The summed E-state index contributed by atoms with van der Waals surface area (Å²) in [5, 5.41) is 0.505. The van der Waals surface area contributed by atoms with E-state index in [1.165, 1.54) is 6.20 Å². The molecule has 1 aromatic heterocycles. The summed E-state index contributed by atoms with van der Waals surface area (Å²) in [7, 11) is -0.133. The lowest BCUT2D eigenvalue weighted by atomic mass is 10.1. The zero-order valence-electron chi connectivity index (χ0n) is 12.9. The molecule has 0 fully saturated rings. The number of benzene rings is 1. The Labute approximate surface area is 130 Å². The van der Waals surface area contributed by atoms with Crippen LogP contribution in [0.3, 0.4) is 0 Å². The van der Waals surface area contributed by atoms with Crippen LogP contribution in [0.2, 0.25) is 0 Å². The van der Waals surface area contributed by atoms with Crippen LogP contribution in [0.1, 0.15) is 32.4 Å². The van der Waals surface area contributed by atoms with Crippen LogP contribution < -0.4 is 4.72 Å². The van der Waals surface area contributed by atoms with E-state index in [1.54, 1.807) is 56.7 Å². The monoisotopic (exact) mass is 332 g/mol. The predicted molar refractivity (Wildman–Crippen MR) is 82.7 cm³/mol. The van der Waals surface area contributed by atoms with Crippen molar-refractivity contribution >= 4 is 21.9 Å². The molecule has 22 heavy (non-hydrogen) atoms. The van der Waals surface area contributed by atoms with Crippen molar-refractivity contribution in [2.45, 2.75) is 37.7 Å². The van der Waals surface area contributed by atoms with Gasteiger partial charge in [0.1, 0.15) is 6.04 Å². The van der Waals surface area contributed by atoms with Gasteiger partial charge >= 0.3 is 6.18 Å². The SMILES string of the molecule is Cn1cc(C(NS(=O)C(C)(C)C)C(F)(F)F)c2ccccc21. The molecule has 2 atom stereocenters. The van der Waals surface area contributed by atoms with E-state index < -0.39 is 28.0 Å². The van der Waals surface area contributed by atoms with Crippen molar-refractivity contribution < 1.29 is 17.4 Å². The summed E-state index contributed by atoms with van der Waals surface area (Å²) in [6, 6.07) is 4.90. The Kier molecular flexibility index (Phi) is 4.41. The van der Waals surface area contributed by atoms with Crippen LogP contribution in [0.5, 0.6) is 0 Å². The molecule has 0 spiro atoms. The van der Waals surface area contributed by atoms with E-state index in [0.29, 0.717) is 10.9 Å². The zero-order valence-corrected chi connectivity index (χ0v) is 13.7. The van der Waals surface area contributed by atoms with E-state index in [4.69, 9.17) is 0 Å². The number of hydrogen-bond donors (Lipinski definition) is 1. The molecule has 1 aromatic carbocycles. The van der Waals surface area contributed by atoms with Gasteiger partial charge in [-0.1, -0.05) is 18.2 Å². The molecule has 2 rings (SSSR count). The first-order chi connectivity index (χ1) is 10.0. The summed E-state index contributed by atoms with van der Waals surface area (Å²) in [6.07, 6.45) is -3.10. The van der Waals surface area contributed by atoms with Crippen LogP contribution in [0.4, 0.5) is 13.2 Å². The second-order valence-electron chi connectivity index (χ2n) is 6.19. The maximum atomic E-state index is 13.5. The highest BCUT2D eigenvalue weighted by Gasteiger charge is 2.44. The first-order valence-electron chi connectivity index (χ1n) is 6.80. The summed E-state index contributed by atoms with van der Waals surface area (Å²) in [5.74, 6) is 0. The lowest BCUT2D eigenvalue weighted by molar-refractivity contribution is -0.152. The lowest BCUT2D eigenvalue weighted by Gasteiger charge is -2.25. The third-order valence-corrected chi connectivity index (χ3v) is 4.91. The molecule has 0 aliphatic rings. The molecule has 0 saturated carbocycles. The van der Waals surface area contributed by atoms with Crippen molar-refractivity contribution in [2.24, 2.45) is 7.05 Å². The Morgan fingerprint density at radius 3 is 2.32 bits per heavy atom. The first-order valence-corrected chi connectivity index (χ1v) is 7.95. The van der Waals surface area contributed by atoms with Crippen LogP contribution in [0, 0.1) is 0 Å². The van der Waals surface area contributed by atoms with Gasteiger partial charge in [0.2, 0.25) is 0 Å². The molecule has 7 heteroatoms. The average Bonchev–Trinajstić information content (AvgIpc) is 2.71. The number of para-hydroxylation sites is 1. The largest absolute Gasteiger partial charge is 0.408 e. The van der Waals surface area contributed by atoms with Crippen molar-refractivity contribution in [3.63, 3.8) is 0 Å². The van der Waals surface area contributed by atoms with E-state index in [2.05, 4.69) is 4.72 Å². The Bertz CT molecular complexity index is 701. The maximum absolute atomic E-state index is 13.5. The Morgan fingerprint density at radius 2 is 1.77 bits per heavy atom. The number of aryl methyl sites for hydroxylation is 1. The number of fused-ring (bicyclic) bond motifs is 1.